The number of hydrogen-bond donors (Lipinski definition) is 0. The number of fused-ring (bicyclic) bond motifs is 1. The van der Waals surface area contributed by atoms with Gasteiger partial charge >= 0.3 is 0 Å². The van der Waals surface area contributed by atoms with Gasteiger partial charge in [-0.15, -0.1) is 0 Å². The molecule has 0 saturated carbocycles. The Morgan fingerprint density at radius 3 is 2.55 bits per heavy atom. The van der Waals surface area contributed by atoms with Crippen LogP contribution in [-0.2, 0) is 16.3 Å². The SMILES string of the molecule is COc1ccc(CCN2C(=NC(=O)c3ccccc3)S[C@H]3CS(=O)(=O)C[C@H]32)cc1. The molecule has 0 aromatic heterocycles. The van der Waals surface area contributed by atoms with Crippen LogP contribution in [0.25, 0.3) is 0 Å². The van der Waals surface area contributed by atoms with Crippen molar-refractivity contribution >= 4 is 32.7 Å². The highest BCUT2D eigenvalue weighted by atomic mass is 32.2. The fourth-order valence-corrected chi connectivity index (χ4v) is 7.65. The van der Waals surface area contributed by atoms with Gasteiger partial charge < -0.3 is 9.64 Å². The van der Waals surface area contributed by atoms with Crippen molar-refractivity contribution in [2.45, 2.75) is 17.7 Å². The molecule has 0 bridgehead atoms. The molecule has 2 fully saturated rings. The number of rotatable bonds is 5. The fraction of sp³-hybridized carbons (Fsp3) is 0.333. The standard InChI is InChI=1S/C21H22N2O4S2/c1-27-17-9-7-15(8-10-17)11-12-23-18-13-29(25,26)14-19(18)28-21(23)22-20(24)16-5-3-2-4-6-16/h2-10,18-19H,11-14H2,1H3/t18-,19+/m1/s1. The van der Waals surface area contributed by atoms with Gasteiger partial charge in [0.1, 0.15) is 5.75 Å². The minimum Gasteiger partial charge on any atom is -0.497 e. The number of amidine groups is 1. The van der Waals surface area contributed by atoms with Crippen LogP contribution >= 0.6 is 11.8 Å². The monoisotopic (exact) mass is 430 g/mol. The number of sulfone groups is 1. The Balaban J connectivity index is 1.55. The van der Waals surface area contributed by atoms with E-state index in [1.54, 1.807) is 31.4 Å². The number of carbonyl (C=O) groups excluding carboxylic acids is 1. The Hall–Kier alpha value is -2.32. The van der Waals surface area contributed by atoms with E-state index in [1.807, 2.05) is 35.2 Å². The van der Waals surface area contributed by atoms with E-state index < -0.39 is 9.84 Å². The summed E-state index contributed by atoms with van der Waals surface area (Å²) < 4.78 is 29.4. The molecule has 29 heavy (non-hydrogen) atoms. The molecule has 0 N–H and O–H groups in total. The average Bonchev–Trinajstić information content (AvgIpc) is 3.18. The first kappa shape index (κ1) is 20.0. The summed E-state index contributed by atoms with van der Waals surface area (Å²) in [6.45, 7) is 0.608. The maximum Gasteiger partial charge on any atom is 0.279 e. The maximum absolute atomic E-state index is 12.6. The van der Waals surface area contributed by atoms with Crippen molar-refractivity contribution in [3.63, 3.8) is 0 Å². The molecule has 2 aromatic rings. The quantitative estimate of drug-likeness (QED) is 0.726. The zero-order valence-corrected chi connectivity index (χ0v) is 17.7. The van der Waals surface area contributed by atoms with Gasteiger partial charge in [-0.05, 0) is 36.2 Å². The highest BCUT2D eigenvalue weighted by Gasteiger charge is 2.48. The van der Waals surface area contributed by atoms with Gasteiger partial charge in [0.15, 0.2) is 15.0 Å². The second-order valence-electron chi connectivity index (χ2n) is 7.16. The van der Waals surface area contributed by atoms with Crippen molar-refractivity contribution in [2.24, 2.45) is 4.99 Å². The molecule has 2 aliphatic rings. The molecule has 2 atom stereocenters. The zero-order chi connectivity index (χ0) is 20.4. The maximum atomic E-state index is 12.6. The summed E-state index contributed by atoms with van der Waals surface area (Å²) in [5.41, 5.74) is 1.65. The number of ether oxygens (including phenoxy) is 1. The molecule has 2 saturated heterocycles. The van der Waals surface area contributed by atoms with Gasteiger partial charge in [-0.1, -0.05) is 42.1 Å². The number of benzene rings is 2. The second-order valence-corrected chi connectivity index (χ2v) is 10.5. The Labute approximate surface area is 174 Å². The van der Waals surface area contributed by atoms with E-state index in [0.29, 0.717) is 17.3 Å². The van der Waals surface area contributed by atoms with E-state index in [1.165, 1.54) is 11.8 Å². The molecule has 8 heteroatoms. The van der Waals surface area contributed by atoms with Crippen molar-refractivity contribution in [2.75, 3.05) is 25.2 Å². The number of amides is 1. The minimum atomic E-state index is -3.05. The lowest BCUT2D eigenvalue weighted by atomic mass is 10.1. The molecule has 2 heterocycles. The van der Waals surface area contributed by atoms with Crippen LogP contribution in [0.2, 0.25) is 0 Å². The first-order valence-electron chi connectivity index (χ1n) is 9.40. The molecule has 152 valence electrons. The predicted octanol–water partition coefficient (Wildman–Crippen LogP) is 2.65. The number of methoxy groups -OCH3 is 1. The van der Waals surface area contributed by atoms with Crippen LogP contribution in [0.15, 0.2) is 59.6 Å². The lowest BCUT2D eigenvalue weighted by Gasteiger charge is -2.24. The number of thioether (sulfide) groups is 1. The van der Waals surface area contributed by atoms with Crippen LogP contribution in [0.3, 0.4) is 0 Å². The van der Waals surface area contributed by atoms with E-state index in [9.17, 15) is 13.2 Å². The van der Waals surface area contributed by atoms with Gasteiger partial charge in [0.25, 0.3) is 5.91 Å². The molecular weight excluding hydrogens is 408 g/mol. The summed E-state index contributed by atoms with van der Waals surface area (Å²) in [6.07, 6.45) is 0.729. The van der Waals surface area contributed by atoms with E-state index in [-0.39, 0.29) is 28.7 Å². The Morgan fingerprint density at radius 1 is 1.14 bits per heavy atom. The van der Waals surface area contributed by atoms with Crippen molar-refractivity contribution < 1.29 is 17.9 Å². The van der Waals surface area contributed by atoms with E-state index in [2.05, 4.69) is 4.99 Å². The third-order valence-electron chi connectivity index (χ3n) is 5.19. The Kier molecular flexibility index (Phi) is 5.65. The molecule has 0 aliphatic carbocycles. The highest BCUT2D eigenvalue weighted by Crippen LogP contribution is 2.38. The first-order valence-corrected chi connectivity index (χ1v) is 12.1. The van der Waals surface area contributed by atoms with Crippen LogP contribution < -0.4 is 4.74 Å². The first-order chi connectivity index (χ1) is 13.9. The van der Waals surface area contributed by atoms with Crippen LogP contribution in [0.1, 0.15) is 15.9 Å². The lowest BCUT2D eigenvalue weighted by Crippen LogP contribution is -2.39. The molecule has 6 nitrogen and oxygen atoms in total. The zero-order valence-electron chi connectivity index (χ0n) is 16.0. The van der Waals surface area contributed by atoms with E-state index in [0.717, 1.165) is 17.7 Å². The van der Waals surface area contributed by atoms with Crippen molar-refractivity contribution in [3.8, 4) is 5.75 Å². The van der Waals surface area contributed by atoms with Crippen molar-refractivity contribution in [1.29, 1.82) is 0 Å². The molecule has 2 aliphatic heterocycles. The van der Waals surface area contributed by atoms with Gasteiger partial charge in [-0.2, -0.15) is 4.99 Å². The summed E-state index contributed by atoms with van der Waals surface area (Å²) >= 11 is 1.41. The average molecular weight is 431 g/mol. The summed E-state index contributed by atoms with van der Waals surface area (Å²) in [4.78, 5) is 18.9. The molecule has 2 aromatic carbocycles. The number of hydrogen-bond acceptors (Lipinski definition) is 5. The molecule has 0 spiro atoms. The fourth-order valence-electron chi connectivity index (χ4n) is 3.67. The molecule has 0 radical (unpaired) electrons. The summed E-state index contributed by atoms with van der Waals surface area (Å²) in [5.74, 6) is 0.750. The third kappa shape index (κ3) is 4.48. The van der Waals surface area contributed by atoms with Crippen LogP contribution in [0.4, 0.5) is 0 Å². The molecule has 0 unspecified atom stereocenters. The van der Waals surface area contributed by atoms with Crippen LogP contribution in [-0.4, -0.2) is 60.8 Å². The number of carbonyl (C=O) groups is 1. The van der Waals surface area contributed by atoms with Crippen LogP contribution in [0, 0.1) is 0 Å². The van der Waals surface area contributed by atoms with Gasteiger partial charge in [0, 0.05) is 17.4 Å². The Bertz CT molecular complexity index is 1020. The smallest absolute Gasteiger partial charge is 0.279 e. The minimum absolute atomic E-state index is 0.0711. The Morgan fingerprint density at radius 2 is 1.86 bits per heavy atom. The summed E-state index contributed by atoms with van der Waals surface area (Å²) in [6, 6.07) is 16.6. The van der Waals surface area contributed by atoms with E-state index >= 15 is 0 Å². The lowest BCUT2D eigenvalue weighted by molar-refractivity contribution is 0.100. The van der Waals surface area contributed by atoms with Crippen molar-refractivity contribution in [1.82, 2.24) is 4.90 Å². The summed E-state index contributed by atoms with van der Waals surface area (Å²) in [5, 5.41) is 0.551. The topological polar surface area (TPSA) is 76.0 Å². The predicted molar refractivity (Wildman–Crippen MR) is 115 cm³/mol. The second kappa shape index (κ2) is 8.20. The normalized spacial score (nSPS) is 23.9. The summed E-state index contributed by atoms with van der Waals surface area (Å²) in [7, 11) is -1.42. The largest absolute Gasteiger partial charge is 0.497 e. The highest BCUT2D eigenvalue weighted by molar-refractivity contribution is 8.15. The molecule has 4 rings (SSSR count). The molecule has 1 amide bonds. The van der Waals surface area contributed by atoms with E-state index in [4.69, 9.17) is 4.74 Å². The van der Waals surface area contributed by atoms with Gasteiger partial charge in [0.05, 0.1) is 24.7 Å². The van der Waals surface area contributed by atoms with Gasteiger partial charge in [-0.25, -0.2) is 8.42 Å². The van der Waals surface area contributed by atoms with Crippen molar-refractivity contribution in [3.05, 3.63) is 65.7 Å². The third-order valence-corrected chi connectivity index (χ3v) is 8.44. The van der Waals surface area contributed by atoms with Gasteiger partial charge in [0.2, 0.25) is 0 Å². The van der Waals surface area contributed by atoms with Gasteiger partial charge in [-0.3, -0.25) is 4.79 Å². The van der Waals surface area contributed by atoms with Crippen LogP contribution in [0.5, 0.6) is 5.75 Å². The number of nitrogens with zero attached hydrogens (tertiary/aromatic N) is 2. The molecular formula is C21H22N2O4S2. The number of aliphatic imine (C=N–C) groups is 1.